The second-order valence-electron chi connectivity index (χ2n) is 9.58. The SMILES string of the molecule is CCCCOC(=O)C1=C(C)Nc2nc(SCc3ccccc3F)nn2C1c1ccc(OCc2ccc(Cl)cc2)cc1. The van der Waals surface area contributed by atoms with Gasteiger partial charge in [-0.05, 0) is 60.4 Å². The second kappa shape index (κ2) is 13.2. The lowest BCUT2D eigenvalue weighted by atomic mass is 9.96. The Balaban J connectivity index is 1.40. The van der Waals surface area contributed by atoms with Gasteiger partial charge in [-0.2, -0.15) is 4.98 Å². The molecule has 3 aromatic carbocycles. The molecule has 0 amide bonds. The fourth-order valence-corrected chi connectivity index (χ4v) is 5.34. The number of nitrogens with one attached hydrogen (secondary N) is 1. The molecule has 4 aromatic rings. The highest BCUT2D eigenvalue weighted by molar-refractivity contribution is 7.98. The van der Waals surface area contributed by atoms with Crippen LogP contribution in [0, 0.1) is 5.82 Å². The third-order valence-corrected chi connectivity index (χ3v) is 7.75. The summed E-state index contributed by atoms with van der Waals surface area (Å²) in [6.07, 6.45) is 1.70. The van der Waals surface area contributed by atoms with E-state index >= 15 is 0 Å². The number of esters is 1. The maximum absolute atomic E-state index is 14.2. The van der Waals surface area contributed by atoms with Crippen LogP contribution in [-0.2, 0) is 21.9 Å². The third-order valence-electron chi connectivity index (χ3n) is 6.61. The van der Waals surface area contributed by atoms with Gasteiger partial charge >= 0.3 is 5.97 Å². The van der Waals surface area contributed by atoms with Crippen molar-refractivity contribution in [3.63, 3.8) is 0 Å². The molecule has 0 saturated carbocycles. The Morgan fingerprint density at radius 2 is 1.85 bits per heavy atom. The lowest BCUT2D eigenvalue weighted by Crippen LogP contribution is -2.29. The number of allylic oxidation sites excluding steroid dienone is 1. The topological polar surface area (TPSA) is 78.3 Å². The molecule has 0 fully saturated rings. The first-order chi connectivity index (χ1) is 19.9. The Morgan fingerprint density at radius 3 is 2.59 bits per heavy atom. The number of benzene rings is 3. The quantitative estimate of drug-likeness (QED) is 0.109. The van der Waals surface area contributed by atoms with Gasteiger partial charge in [-0.15, -0.1) is 5.10 Å². The molecule has 0 spiro atoms. The standard InChI is InChI=1S/C31H30ClFN4O3S/c1-3-4-17-39-29(38)27-20(2)34-30-35-31(41-19-23-7-5-6-8-26(23)33)36-37(30)28(27)22-11-15-25(16-12-22)40-18-21-9-13-24(32)14-10-21/h5-16,28H,3-4,17-19H2,1-2H3,(H,34,35,36). The average Bonchev–Trinajstić information content (AvgIpc) is 3.38. The van der Waals surface area contributed by atoms with E-state index in [2.05, 4.69) is 10.3 Å². The van der Waals surface area contributed by atoms with E-state index in [0.717, 1.165) is 24.0 Å². The Hall–Kier alpha value is -3.82. The number of rotatable bonds is 11. The molecule has 1 N–H and O–H groups in total. The average molecular weight is 593 g/mol. The molecule has 0 aliphatic carbocycles. The largest absolute Gasteiger partial charge is 0.489 e. The van der Waals surface area contributed by atoms with Crippen molar-refractivity contribution in [1.29, 1.82) is 0 Å². The summed E-state index contributed by atoms with van der Waals surface area (Å²) in [6, 6.07) is 21.1. The van der Waals surface area contributed by atoms with Gasteiger partial charge < -0.3 is 14.8 Å². The maximum Gasteiger partial charge on any atom is 0.338 e. The Morgan fingerprint density at radius 1 is 1.10 bits per heavy atom. The summed E-state index contributed by atoms with van der Waals surface area (Å²) in [5.74, 6) is 0.881. The van der Waals surface area contributed by atoms with Crippen molar-refractivity contribution in [3.8, 4) is 5.75 Å². The van der Waals surface area contributed by atoms with Crippen molar-refractivity contribution in [3.05, 3.63) is 112 Å². The number of carbonyl (C=O) groups excluding carboxylic acids is 1. The minimum absolute atomic E-state index is 0.270. The van der Waals surface area contributed by atoms with E-state index in [0.29, 0.717) is 57.7 Å². The number of aromatic nitrogens is 3. The second-order valence-corrected chi connectivity index (χ2v) is 11.0. The number of hydrogen-bond donors (Lipinski definition) is 1. The van der Waals surface area contributed by atoms with Crippen LogP contribution < -0.4 is 10.1 Å². The first-order valence-electron chi connectivity index (χ1n) is 13.4. The van der Waals surface area contributed by atoms with Crippen molar-refractivity contribution >= 4 is 35.3 Å². The molecule has 0 bridgehead atoms. The fourth-order valence-electron chi connectivity index (χ4n) is 4.40. The van der Waals surface area contributed by atoms with Crippen LogP contribution in [0.5, 0.6) is 5.75 Å². The third kappa shape index (κ3) is 6.92. The van der Waals surface area contributed by atoms with Crippen molar-refractivity contribution in [2.24, 2.45) is 0 Å². The molecular formula is C31H30ClFN4O3S. The van der Waals surface area contributed by atoms with Crippen LogP contribution in [0.3, 0.4) is 0 Å². The molecule has 212 valence electrons. The molecule has 1 aliphatic heterocycles. The Bertz CT molecular complexity index is 1540. The van der Waals surface area contributed by atoms with Gasteiger partial charge in [0, 0.05) is 16.5 Å². The lowest BCUT2D eigenvalue weighted by Gasteiger charge is -2.28. The summed E-state index contributed by atoms with van der Waals surface area (Å²) in [4.78, 5) is 18.0. The summed E-state index contributed by atoms with van der Waals surface area (Å²) >= 11 is 7.31. The molecule has 2 heterocycles. The van der Waals surface area contributed by atoms with Gasteiger partial charge in [0.05, 0.1) is 12.2 Å². The monoisotopic (exact) mass is 592 g/mol. The maximum atomic E-state index is 14.2. The number of thioether (sulfide) groups is 1. The van der Waals surface area contributed by atoms with Crippen LogP contribution in [0.1, 0.15) is 49.4 Å². The van der Waals surface area contributed by atoms with Gasteiger partial charge in [-0.1, -0.05) is 79.2 Å². The predicted molar refractivity (Wildman–Crippen MR) is 159 cm³/mol. The predicted octanol–water partition coefficient (Wildman–Crippen LogP) is 7.57. The highest BCUT2D eigenvalue weighted by atomic mass is 35.5. The van der Waals surface area contributed by atoms with Gasteiger partial charge in [0.1, 0.15) is 24.2 Å². The summed E-state index contributed by atoms with van der Waals surface area (Å²) in [5.41, 5.74) is 3.49. The number of fused-ring (bicyclic) bond motifs is 1. The van der Waals surface area contributed by atoms with Gasteiger partial charge in [-0.3, -0.25) is 0 Å². The molecule has 1 atom stereocenters. The highest BCUT2D eigenvalue weighted by Crippen LogP contribution is 2.37. The molecule has 5 rings (SSSR count). The molecule has 10 heteroatoms. The van der Waals surface area contributed by atoms with E-state index in [-0.39, 0.29) is 5.82 Å². The first kappa shape index (κ1) is 28.7. The minimum Gasteiger partial charge on any atom is -0.489 e. The van der Waals surface area contributed by atoms with E-state index in [1.54, 1.807) is 22.9 Å². The summed E-state index contributed by atoms with van der Waals surface area (Å²) in [5, 5.41) is 9.08. The zero-order valence-corrected chi connectivity index (χ0v) is 24.3. The molecule has 1 unspecified atom stereocenters. The van der Waals surface area contributed by atoms with E-state index in [9.17, 15) is 9.18 Å². The Kier molecular flexibility index (Phi) is 9.26. The van der Waals surface area contributed by atoms with Crippen LogP contribution in [0.2, 0.25) is 5.02 Å². The Labute approximate surface area is 247 Å². The van der Waals surface area contributed by atoms with Crippen molar-refractivity contribution in [2.75, 3.05) is 11.9 Å². The number of carbonyl (C=O) groups is 1. The van der Waals surface area contributed by atoms with Crippen LogP contribution in [0.4, 0.5) is 10.3 Å². The van der Waals surface area contributed by atoms with E-state index in [1.807, 2.05) is 62.4 Å². The molecule has 0 saturated heterocycles. The van der Waals surface area contributed by atoms with Gasteiger partial charge in [0.2, 0.25) is 11.1 Å². The van der Waals surface area contributed by atoms with Gasteiger partial charge in [0.25, 0.3) is 0 Å². The molecule has 7 nitrogen and oxygen atoms in total. The zero-order valence-electron chi connectivity index (χ0n) is 22.8. The molecular weight excluding hydrogens is 563 g/mol. The van der Waals surface area contributed by atoms with Gasteiger partial charge in [-0.25, -0.2) is 13.9 Å². The van der Waals surface area contributed by atoms with Gasteiger partial charge in [0.15, 0.2) is 0 Å². The number of nitrogens with zero attached hydrogens (tertiary/aromatic N) is 3. The van der Waals surface area contributed by atoms with Crippen molar-refractivity contribution in [2.45, 2.75) is 50.2 Å². The molecule has 41 heavy (non-hydrogen) atoms. The number of anilines is 1. The van der Waals surface area contributed by atoms with E-state index in [4.69, 9.17) is 26.2 Å². The zero-order chi connectivity index (χ0) is 28.8. The highest BCUT2D eigenvalue weighted by Gasteiger charge is 2.35. The van der Waals surface area contributed by atoms with E-state index < -0.39 is 12.0 Å². The van der Waals surface area contributed by atoms with Crippen LogP contribution >= 0.6 is 23.4 Å². The molecule has 1 aromatic heterocycles. The summed E-state index contributed by atoms with van der Waals surface area (Å²) in [7, 11) is 0. The number of halogens is 2. The summed E-state index contributed by atoms with van der Waals surface area (Å²) in [6.45, 7) is 4.61. The number of unbranched alkanes of at least 4 members (excludes halogenated alkanes) is 1. The van der Waals surface area contributed by atoms with Crippen molar-refractivity contribution in [1.82, 2.24) is 14.8 Å². The van der Waals surface area contributed by atoms with Crippen LogP contribution in [0.25, 0.3) is 0 Å². The lowest BCUT2D eigenvalue weighted by molar-refractivity contribution is -0.139. The number of ether oxygens (including phenoxy) is 2. The summed E-state index contributed by atoms with van der Waals surface area (Å²) < 4.78 is 27.5. The van der Waals surface area contributed by atoms with E-state index in [1.165, 1.54) is 17.8 Å². The minimum atomic E-state index is -0.569. The fraction of sp³-hybridized carbons (Fsp3) is 0.258. The number of hydrogen-bond acceptors (Lipinski definition) is 7. The normalized spacial score (nSPS) is 14.4. The first-order valence-corrected chi connectivity index (χ1v) is 14.7. The smallest absolute Gasteiger partial charge is 0.338 e. The van der Waals surface area contributed by atoms with Crippen LogP contribution in [0.15, 0.2) is 89.2 Å². The molecule has 0 radical (unpaired) electrons. The van der Waals surface area contributed by atoms with Crippen molar-refractivity contribution < 1.29 is 18.7 Å². The van der Waals surface area contributed by atoms with Crippen LogP contribution in [-0.4, -0.2) is 27.3 Å². The molecule has 1 aliphatic rings.